The normalized spacial score (nSPS) is 18.4. The fourth-order valence-corrected chi connectivity index (χ4v) is 2.43. The average molecular weight is 210 g/mol. The van der Waals surface area contributed by atoms with Crippen LogP contribution in [0.15, 0.2) is 24.3 Å². The van der Waals surface area contributed by atoms with E-state index in [1.54, 1.807) is 0 Å². The van der Waals surface area contributed by atoms with E-state index in [1.165, 1.54) is 24.0 Å². The fourth-order valence-electron chi connectivity index (χ4n) is 2.19. The van der Waals surface area contributed by atoms with E-state index >= 15 is 0 Å². The van der Waals surface area contributed by atoms with Crippen molar-refractivity contribution in [2.45, 2.75) is 24.6 Å². The summed E-state index contributed by atoms with van der Waals surface area (Å²) in [7, 11) is 0. The molecule has 1 nitrogen and oxygen atoms in total. The largest absolute Gasteiger partial charge is 0.317 e. The molecule has 0 bridgehead atoms. The molecule has 0 unspecified atom stereocenters. The van der Waals surface area contributed by atoms with E-state index < -0.39 is 0 Å². The Morgan fingerprint density at radius 3 is 2.64 bits per heavy atom. The van der Waals surface area contributed by atoms with Gasteiger partial charge in [-0.05, 0) is 43.0 Å². The van der Waals surface area contributed by atoms with Crippen molar-refractivity contribution < 1.29 is 0 Å². The molecule has 1 aliphatic rings. The number of nitrogens with one attached hydrogen (secondary N) is 1. The maximum Gasteiger partial charge on any atom is 0.0476 e. The second kappa shape index (κ2) is 4.81. The smallest absolute Gasteiger partial charge is 0.0476 e. The molecule has 2 rings (SSSR count). The van der Waals surface area contributed by atoms with Gasteiger partial charge in [0.2, 0.25) is 0 Å². The molecular formula is C12H16ClN. The van der Waals surface area contributed by atoms with Gasteiger partial charge in [0.25, 0.3) is 0 Å². The van der Waals surface area contributed by atoms with E-state index in [1.807, 2.05) is 0 Å². The predicted octanol–water partition coefficient (Wildman–Crippen LogP) is 2.89. The Balaban J connectivity index is 2.20. The van der Waals surface area contributed by atoms with E-state index in [0.717, 1.165) is 13.1 Å². The van der Waals surface area contributed by atoms with Crippen molar-refractivity contribution in [2.75, 3.05) is 13.1 Å². The zero-order chi connectivity index (χ0) is 9.80. The first-order valence-electron chi connectivity index (χ1n) is 5.26. The Morgan fingerprint density at radius 2 is 1.93 bits per heavy atom. The van der Waals surface area contributed by atoms with Crippen LogP contribution in [0.4, 0.5) is 0 Å². The van der Waals surface area contributed by atoms with Crippen LogP contribution in [0.25, 0.3) is 0 Å². The predicted molar refractivity (Wildman–Crippen MR) is 60.8 cm³/mol. The number of alkyl halides is 1. The molecular weight excluding hydrogens is 194 g/mol. The van der Waals surface area contributed by atoms with E-state index in [4.69, 9.17) is 11.6 Å². The van der Waals surface area contributed by atoms with Crippen molar-refractivity contribution in [3.05, 3.63) is 35.4 Å². The minimum Gasteiger partial charge on any atom is -0.317 e. The molecule has 0 radical (unpaired) electrons. The minimum absolute atomic E-state index is 0.639. The maximum atomic E-state index is 5.94. The Labute approximate surface area is 90.5 Å². The second-order valence-electron chi connectivity index (χ2n) is 3.86. The third kappa shape index (κ3) is 2.10. The Morgan fingerprint density at radius 1 is 1.21 bits per heavy atom. The molecule has 1 aromatic carbocycles. The first-order valence-corrected chi connectivity index (χ1v) is 5.79. The van der Waals surface area contributed by atoms with Gasteiger partial charge in [0, 0.05) is 5.88 Å². The lowest BCUT2D eigenvalue weighted by atomic mass is 9.87. The monoisotopic (exact) mass is 209 g/mol. The van der Waals surface area contributed by atoms with Gasteiger partial charge in [-0.25, -0.2) is 0 Å². The highest BCUT2D eigenvalue weighted by atomic mass is 35.5. The Bertz CT molecular complexity index is 292. The van der Waals surface area contributed by atoms with Crippen molar-refractivity contribution in [1.29, 1.82) is 0 Å². The molecule has 1 heterocycles. The molecule has 14 heavy (non-hydrogen) atoms. The van der Waals surface area contributed by atoms with Gasteiger partial charge >= 0.3 is 0 Å². The number of rotatable bonds is 2. The van der Waals surface area contributed by atoms with Crippen LogP contribution in [0.3, 0.4) is 0 Å². The standard InChI is InChI=1S/C12H16ClN/c13-9-11-3-1-2-4-12(11)10-5-7-14-8-6-10/h1-4,10,14H,5-9H2. The topological polar surface area (TPSA) is 12.0 Å². The number of benzene rings is 1. The van der Waals surface area contributed by atoms with Crippen LogP contribution >= 0.6 is 11.6 Å². The molecule has 1 saturated heterocycles. The lowest BCUT2D eigenvalue weighted by Gasteiger charge is -2.24. The van der Waals surface area contributed by atoms with Gasteiger partial charge in [0.1, 0.15) is 0 Å². The van der Waals surface area contributed by atoms with Gasteiger partial charge in [-0.15, -0.1) is 11.6 Å². The zero-order valence-electron chi connectivity index (χ0n) is 8.30. The third-order valence-corrected chi connectivity index (χ3v) is 3.27. The third-order valence-electron chi connectivity index (χ3n) is 2.98. The minimum atomic E-state index is 0.639. The maximum absolute atomic E-state index is 5.94. The van der Waals surface area contributed by atoms with Gasteiger partial charge in [-0.1, -0.05) is 24.3 Å². The molecule has 1 N–H and O–H groups in total. The van der Waals surface area contributed by atoms with Crippen molar-refractivity contribution in [3.63, 3.8) is 0 Å². The first-order chi connectivity index (χ1) is 6.92. The Hall–Kier alpha value is -0.530. The van der Waals surface area contributed by atoms with Crippen molar-refractivity contribution in [3.8, 4) is 0 Å². The molecule has 1 aliphatic heterocycles. The summed E-state index contributed by atoms with van der Waals surface area (Å²) in [6, 6.07) is 8.56. The van der Waals surface area contributed by atoms with Crippen LogP contribution in [0.1, 0.15) is 29.9 Å². The zero-order valence-corrected chi connectivity index (χ0v) is 9.06. The van der Waals surface area contributed by atoms with Crippen LogP contribution in [0, 0.1) is 0 Å². The summed E-state index contributed by atoms with van der Waals surface area (Å²) in [5.74, 6) is 1.35. The molecule has 0 saturated carbocycles. The van der Waals surface area contributed by atoms with Crippen LogP contribution in [0.2, 0.25) is 0 Å². The summed E-state index contributed by atoms with van der Waals surface area (Å²) in [4.78, 5) is 0. The lowest BCUT2D eigenvalue weighted by Crippen LogP contribution is -2.27. The van der Waals surface area contributed by atoms with Gasteiger partial charge in [-0.2, -0.15) is 0 Å². The number of hydrogen-bond donors (Lipinski definition) is 1. The van der Waals surface area contributed by atoms with Crippen molar-refractivity contribution in [1.82, 2.24) is 5.32 Å². The van der Waals surface area contributed by atoms with E-state index in [-0.39, 0.29) is 0 Å². The van der Waals surface area contributed by atoms with E-state index in [2.05, 4.69) is 29.6 Å². The Kier molecular flexibility index (Phi) is 3.44. The van der Waals surface area contributed by atoms with Crippen LogP contribution in [-0.2, 0) is 5.88 Å². The highest BCUT2D eigenvalue weighted by Gasteiger charge is 2.16. The van der Waals surface area contributed by atoms with Gasteiger partial charge < -0.3 is 5.32 Å². The van der Waals surface area contributed by atoms with E-state index in [9.17, 15) is 0 Å². The quantitative estimate of drug-likeness (QED) is 0.739. The molecule has 1 fully saturated rings. The molecule has 76 valence electrons. The first kappa shape index (κ1) is 10.0. The average Bonchev–Trinajstić information content (AvgIpc) is 2.30. The summed E-state index contributed by atoms with van der Waals surface area (Å²) in [5, 5.41) is 3.39. The molecule has 2 heteroatoms. The lowest BCUT2D eigenvalue weighted by molar-refractivity contribution is 0.459. The number of piperidine rings is 1. The van der Waals surface area contributed by atoms with Crippen LogP contribution in [-0.4, -0.2) is 13.1 Å². The summed E-state index contributed by atoms with van der Waals surface area (Å²) in [6.07, 6.45) is 2.49. The van der Waals surface area contributed by atoms with Gasteiger partial charge in [0.05, 0.1) is 0 Å². The summed E-state index contributed by atoms with van der Waals surface area (Å²) in [5.41, 5.74) is 2.77. The SMILES string of the molecule is ClCc1ccccc1C1CCNCC1. The highest BCUT2D eigenvalue weighted by Crippen LogP contribution is 2.28. The van der Waals surface area contributed by atoms with Gasteiger partial charge in [0.15, 0.2) is 0 Å². The van der Waals surface area contributed by atoms with E-state index in [0.29, 0.717) is 11.8 Å². The van der Waals surface area contributed by atoms with Crippen molar-refractivity contribution in [2.24, 2.45) is 0 Å². The molecule has 0 aliphatic carbocycles. The second-order valence-corrected chi connectivity index (χ2v) is 4.12. The summed E-state index contributed by atoms with van der Waals surface area (Å²) < 4.78 is 0. The van der Waals surface area contributed by atoms with Crippen LogP contribution in [0.5, 0.6) is 0 Å². The molecule has 0 atom stereocenters. The highest BCUT2D eigenvalue weighted by molar-refractivity contribution is 6.17. The van der Waals surface area contributed by atoms with Crippen LogP contribution < -0.4 is 5.32 Å². The molecule has 0 amide bonds. The summed E-state index contributed by atoms with van der Waals surface area (Å²) >= 11 is 5.94. The molecule has 0 spiro atoms. The van der Waals surface area contributed by atoms with Crippen molar-refractivity contribution >= 4 is 11.6 Å². The molecule has 1 aromatic rings. The molecule has 0 aromatic heterocycles. The summed E-state index contributed by atoms with van der Waals surface area (Å²) in [6.45, 7) is 2.28. The number of halogens is 1. The van der Waals surface area contributed by atoms with Gasteiger partial charge in [-0.3, -0.25) is 0 Å². The fraction of sp³-hybridized carbons (Fsp3) is 0.500. The number of hydrogen-bond acceptors (Lipinski definition) is 1.